The van der Waals surface area contributed by atoms with Crippen molar-refractivity contribution in [3.05, 3.63) is 33.8 Å². The molecule has 0 aliphatic carbocycles. The fourth-order valence-electron chi connectivity index (χ4n) is 2.53. The number of aliphatic hydroxyl groups is 1. The van der Waals surface area contributed by atoms with Crippen LogP contribution in [-0.4, -0.2) is 37.0 Å². The van der Waals surface area contributed by atoms with E-state index in [1.165, 1.54) is 18.2 Å². The van der Waals surface area contributed by atoms with Crippen molar-refractivity contribution in [1.82, 2.24) is 5.32 Å². The van der Waals surface area contributed by atoms with E-state index in [2.05, 4.69) is 5.32 Å². The Morgan fingerprint density at radius 1 is 1.32 bits per heavy atom. The highest BCUT2D eigenvalue weighted by Crippen LogP contribution is 2.25. The number of carbonyl (C=O) groups excluding carboxylic acids is 1. The van der Waals surface area contributed by atoms with Gasteiger partial charge >= 0.3 is 0 Å². The average molecular weight is 366 g/mol. The first-order valence-electron chi connectivity index (χ1n) is 6.80. The lowest BCUT2D eigenvalue weighted by atomic mass is 10.0. The molecule has 1 aromatic carbocycles. The molecule has 1 aromatic rings. The number of sulfone groups is 1. The van der Waals surface area contributed by atoms with Crippen LogP contribution in [0.4, 0.5) is 0 Å². The van der Waals surface area contributed by atoms with Crippen LogP contribution in [0.15, 0.2) is 18.2 Å². The molecule has 1 fully saturated rings. The highest BCUT2D eigenvalue weighted by atomic mass is 35.5. The third-order valence-electron chi connectivity index (χ3n) is 3.63. The van der Waals surface area contributed by atoms with Gasteiger partial charge in [0, 0.05) is 16.1 Å². The largest absolute Gasteiger partial charge is 0.388 e. The number of amides is 1. The standard InChI is InChI=1S/C14H17Cl2NO4S/c1-8-6-22(20,21)7-12(8)17-14(19)5-13(18)9-2-10(15)4-11(16)3-9/h2-4,8,12-13,18H,5-7H2,1H3,(H,17,19)/t8-,12+,13-/m0/s1. The normalized spacial score (nSPS) is 24.9. The van der Waals surface area contributed by atoms with E-state index in [1.54, 1.807) is 6.92 Å². The summed E-state index contributed by atoms with van der Waals surface area (Å²) in [5.41, 5.74) is 0.444. The average Bonchev–Trinajstić information content (AvgIpc) is 2.60. The Morgan fingerprint density at radius 3 is 2.41 bits per heavy atom. The van der Waals surface area contributed by atoms with Crippen LogP contribution in [0.5, 0.6) is 0 Å². The van der Waals surface area contributed by atoms with E-state index in [1.807, 2.05) is 0 Å². The number of benzene rings is 1. The van der Waals surface area contributed by atoms with Crippen LogP contribution in [0.25, 0.3) is 0 Å². The highest BCUT2D eigenvalue weighted by molar-refractivity contribution is 7.91. The molecule has 8 heteroatoms. The lowest BCUT2D eigenvalue weighted by Gasteiger charge is -2.17. The molecule has 0 aromatic heterocycles. The van der Waals surface area contributed by atoms with Gasteiger partial charge in [0.25, 0.3) is 0 Å². The van der Waals surface area contributed by atoms with Gasteiger partial charge in [-0.15, -0.1) is 0 Å². The van der Waals surface area contributed by atoms with Crippen molar-refractivity contribution >= 4 is 38.9 Å². The molecule has 0 spiro atoms. The van der Waals surface area contributed by atoms with Gasteiger partial charge in [-0.05, 0) is 29.7 Å². The first-order chi connectivity index (χ1) is 10.2. The predicted molar refractivity (Wildman–Crippen MR) is 85.8 cm³/mol. The lowest BCUT2D eigenvalue weighted by Crippen LogP contribution is -2.39. The molecule has 1 amide bonds. The van der Waals surface area contributed by atoms with Crippen LogP contribution < -0.4 is 5.32 Å². The van der Waals surface area contributed by atoms with Gasteiger partial charge in [-0.25, -0.2) is 8.42 Å². The zero-order valence-corrected chi connectivity index (χ0v) is 14.2. The SMILES string of the molecule is C[C@H]1CS(=O)(=O)C[C@H]1NC(=O)C[C@H](O)c1cc(Cl)cc(Cl)c1. The molecule has 22 heavy (non-hydrogen) atoms. The Bertz CT molecular complexity index is 657. The number of aliphatic hydroxyl groups excluding tert-OH is 1. The summed E-state index contributed by atoms with van der Waals surface area (Å²) in [7, 11) is -3.09. The van der Waals surface area contributed by atoms with E-state index < -0.39 is 27.9 Å². The zero-order valence-electron chi connectivity index (χ0n) is 11.9. The Kier molecular flexibility index (Phi) is 5.37. The minimum atomic E-state index is -3.09. The van der Waals surface area contributed by atoms with Gasteiger partial charge < -0.3 is 10.4 Å². The molecule has 0 unspecified atom stereocenters. The Balaban J connectivity index is 1.97. The molecule has 2 rings (SSSR count). The third kappa shape index (κ3) is 4.59. The number of hydrogen-bond donors (Lipinski definition) is 2. The second-order valence-corrected chi connectivity index (χ2v) is 8.68. The van der Waals surface area contributed by atoms with Crippen molar-refractivity contribution in [2.24, 2.45) is 5.92 Å². The smallest absolute Gasteiger partial charge is 0.223 e. The summed E-state index contributed by atoms with van der Waals surface area (Å²) in [5.74, 6) is -0.520. The van der Waals surface area contributed by atoms with Gasteiger partial charge in [0.1, 0.15) is 0 Å². The van der Waals surface area contributed by atoms with Gasteiger partial charge in [0.05, 0.1) is 24.0 Å². The highest BCUT2D eigenvalue weighted by Gasteiger charge is 2.35. The van der Waals surface area contributed by atoms with Crippen molar-refractivity contribution in [2.75, 3.05) is 11.5 Å². The van der Waals surface area contributed by atoms with E-state index in [-0.39, 0.29) is 23.8 Å². The molecule has 1 aliphatic heterocycles. The molecular formula is C14H17Cl2NO4S. The minimum Gasteiger partial charge on any atom is -0.388 e. The van der Waals surface area contributed by atoms with Crippen LogP contribution in [-0.2, 0) is 14.6 Å². The van der Waals surface area contributed by atoms with Crippen molar-refractivity contribution in [1.29, 1.82) is 0 Å². The summed E-state index contributed by atoms with van der Waals surface area (Å²) in [6.45, 7) is 1.78. The molecule has 3 atom stereocenters. The number of carbonyl (C=O) groups is 1. The quantitative estimate of drug-likeness (QED) is 0.854. The summed E-state index contributed by atoms with van der Waals surface area (Å²) < 4.78 is 23.0. The van der Waals surface area contributed by atoms with Gasteiger partial charge in [0.2, 0.25) is 5.91 Å². The van der Waals surface area contributed by atoms with Crippen molar-refractivity contribution < 1.29 is 18.3 Å². The van der Waals surface area contributed by atoms with E-state index in [4.69, 9.17) is 23.2 Å². The van der Waals surface area contributed by atoms with Crippen LogP contribution in [0.1, 0.15) is 25.0 Å². The Labute approximate surface area is 139 Å². The van der Waals surface area contributed by atoms with E-state index in [9.17, 15) is 18.3 Å². The second kappa shape index (κ2) is 6.74. The van der Waals surface area contributed by atoms with E-state index >= 15 is 0 Å². The van der Waals surface area contributed by atoms with E-state index in [0.29, 0.717) is 15.6 Å². The molecule has 1 heterocycles. The van der Waals surface area contributed by atoms with Crippen LogP contribution in [0.3, 0.4) is 0 Å². The molecule has 1 saturated heterocycles. The third-order valence-corrected chi connectivity index (χ3v) is 5.97. The number of halogens is 2. The molecule has 122 valence electrons. The summed E-state index contributed by atoms with van der Waals surface area (Å²) in [5, 5.41) is 13.5. The Hall–Kier alpha value is -0.820. The summed E-state index contributed by atoms with van der Waals surface area (Å²) >= 11 is 11.7. The van der Waals surface area contributed by atoms with Crippen molar-refractivity contribution in [3.8, 4) is 0 Å². The fourth-order valence-corrected chi connectivity index (χ4v) is 5.20. The summed E-state index contributed by atoms with van der Waals surface area (Å²) in [4.78, 5) is 12.0. The lowest BCUT2D eigenvalue weighted by molar-refractivity contribution is -0.123. The molecule has 2 N–H and O–H groups in total. The second-order valence-electron chi connectivity index (χ2n) is 5.65. The first kappa shape index (κ1) is 17.5. The fraction of sp³-hybridized carbons (Fsp3) is 0.500. The first-order valence-corrected chi connectivity index (χ1v) is 9.38. The van der Waals surface area contributed by atoms with Crippen LogP contribution >= 0.6 is 23.2 Å². The molecule has 0 radical (unpaired) electrons. The Morgan fingerprint density at radius 2 is 1.91 bits per heavy atom. The van der Waals surface area contributed by atoms with Gasteiger partial charge in [-0.1, -0.05) is 30.1 Å². The molecule has 0 bridgehead atoms. The van der Waals surface area contributed by atoms with Crippen LogP contribution in [0, 0.1) is 5.92 Å². The van der Waals surface area contributed by atoms with Crippen molar-refractivity contribution in [3.63, 3.8) is 0 Å². The van der Waals surface area contributed by atoms with Gasteiger partial charge in [-0.2, -0.15) is 0 Å². The van der Waals surface area contributed by atoms with Crippen molar-refractivity contribution in [2.45, 2.75) is 25.5 Å². The number of hydrogen-bond acceptors (Lipinski definition) is 4. The molecular weight excluding hydrogens is 349 g/mol. The van der Waals surface area contributed by atoms with E-state index in [0.717, 1.165) is 0 Å². The number of nitrogens with one attached hydrogen (secondary N) is 1. The maximum atomic E-state index is 12.0. The van der Waals surface area contributed by atoms with Gasteiger partial charge in [-0.3, -0.25) is 4.79 Å². The topological polar surface area (TPSA) is 83.5 Å². The van der Waals surface area contributed by atoms with Crippen LogP contribution in [0.2, 0.25) is 10.0 Å². The minimum absolute atomic E-state index is 0.0566. The predicted octanol–water partition coefficient (Wildman–Crippen LogP) is 1.97. The maximum Gasteiger partial charge on any atom is 0.223 e. The van der Waals surface area contributed by atoms with Gasteiger partial charge in [0.15, 0.2) is 9.84 Å². The summed E-state index contributed by atoms with van der Waals surface area (Å²) in [6.07, 6.45) is -1.23. The molecule has 5 nitrogen and oxygen atoms in total. The number of rotatable bonds is 4. The molecule has 1 aliphatic rings. The maximum absolute atomic E-state index is 12.0. The zero-order chi connectivity index (χ0) is 16.5. The monoisotopic (exact) mass is 365 g/mol. The molecule has 0 saturated carbocycles. The summed E-state index contributed by atoms with van der Waals surface area (Å²) in [6, 6.07) is 4.19.